The van der Waals surface area contributed by atoms with Gasteiger partial charge in [-0.3, -0.25) is 0 Å². The van der Waals surface area contributed by atoms with Crippen LogP contribution in [0.3, 0.4) is 0 Å². The van der Waals surface area contributed by atoms with Crippen LogP contribution in [0, 0.1) is 5.41 Å². The minimum atomic E-state index is -4.36. The maximum absolute atomic E-state index is 12.7. The van der Waals surface area contributed by atoms with Crippen LogP contribution in [0.4, 0.5) is 18.9 Å². The molecule has 0 unspecified atom stereocenters. The van der Waals surface area contributed by atoms with Crippen molar-refractivity contribution in [3.63, 3.8) is 0 Å². The van der Waals surface area contributed by atoms with Crippen LogP contribution in [0.5, 0.6) is 0 Å². The highest BCUT2D eigenvalue weighted by atomic mass is 79.9. The van der Waals surface area contributed by atoms with Crippen LogP contribution in [0.2, 0.25) is 0 Å². The van der Waals surface area contributed by atoms with Gasteiger partial charge in [0.15, 0.2) is 0 Å². The van der Waals surface area contributed by atoms with Gasteiger partial charge >= 0.3 is 6.18 Å². The molecule has 0 amide bonds. The number of benzene rings is 1. The zero-order valence-electron chi connectivity index (χ0n) is 11.5. The molecule has 0 atom stereocenters. The minimum Gasteiger partial charge on any atom is -0.396 e. The van der Waals surface area contributed by atoms with Crippen LogP contribution in [-0.4, -0.2) is 18.3 Å². The van der Waals surface area contributed by atoms with Gasteiger partial charge in [-0.15, -0.1) is 0 Å². The predicted molar refractivity (Wildman–Crippen MR) is 77.7 cm³/mol. The van der Waals surface area contributed by atoms with Gasteiger partial charge in [-0.2, -0.15) is 13.2 Å². The highest BCUT2D eigenvalue weighted by Crippen LogP contribution is 2.35. The summed E-state index contributed by atoms with van der Waals surface area (Å²) in [6.45, 7) is 4.35. The Kier molecular flexibility index (Phi) is 5.89. The molecule has 0 aliphatic carbocycles. The third-order valence-corrected chi connectivity index (χ3v) is 4.47. The Labute approximate surface area is 125 Å². The second-order valence-corrected chi connectivity index (χ2v) is 5.77. The third-order valence-electron chi connectivity index (χ3n) is 3.78. The summed E-state index contributed by atoms with van der Waals surface area (Å²) >= 11 is 3.24. The molecule has 20 heavy (non-hydrogen) atoms. The van der Waals surface area contributed by atoms with E-state index in [-0.39, 0.29) is 12.0 Å². The number of halogens is 4. The Morgan fingerprint density at radius 3 is 2.25 bits per heavy atom. The molecule has 0 aliphatic heterocycles. The summed E-state index contributed by atoms with van der Waals surface area (Å²) in [5, 5.41) is 12.5. The van der Waals surface area contributed by atoms with E-state index >= 15 is 0 Å². The van der Waals surface area contributed by atoms with Gasteiger partial charge in [-0.1, -0.05) is 13.8 Å². The summed E-state index contributed by atoms with van der Waals surface area (Å²) in [6, 6.07) is 3.50. The lowest BCUT2D eigenvalue weighted by Gasteiger charge is -2.30. The number of hydrogen-bond acceptors (Lipinski definition) is 2. The number of rotatable bonds is 6. The Balaban J connectivity index is 2.92. The van der Waals surface area contributed by atoms with E-state index < -0.39 is 11.7 Å². The molecule has 1 rings (SSSR count). The summed E-state index contributed by atoms with van der Waals surface area (Å²) in [5.74, 6) is 0. The molecule has 0 saturated carbocycles. The summed E-state index contributed by atoms with van der Waals surface area (Å²) in [5.41, 5.74) is -0.612. The first kappa shape index (κ1) is 17.3. The smallest absolute Gasteiger partial charge is 0.396 e. The van der Waals surface area contributed by atoms with Gasteiger partial charge in [0.05, 0.1) is 12.2 Å². The van der Waals surface area contributed by atoms with Crippen molar-refractivity contribution >= 4 is 21.6 Å². The Morgan fingerprint density at radius 1 is 1.20 bits per heavy atom. The Bertz CT molecular complexity index is 436. The average Bonchev–Trinajstić information content (AvgIpc) is 2.41. The van der Waals surface area contributed by atoms with E-state index in [2.05, 4.69) is 21.2 Å². The average molecular weight is 354 g/mol. The molecule has 1 aromatic carbocycles. The molecule has 0 aliphatic rings. The van der Waals surface area contributed by atoms with Crippen LogP contribution in [-0.2, 0) is 6.18 Å². The van der Waals surface area contributed by atoms with Gasteiger partial charge in [-0.05, 0) is 47.0 Å². The van der Waals surface area contributed by atoms with Crippen molar-refractivity contribution in [3.8, 4) is 0 Å². The minimum absolute atomic E-state index is 0.00355. The normalized spacial score (nSPS) is 12.6. The molecule has 0 saturated heterocycles. The molecular weight excluding hydrogens is 335 g/mol. The van der Waals surface area contributed by atoms with Crippen molar-refractivity contribution < 1.29 is 18.3 Å². The van der Waals surface area contributed by atoms with E-state index in [0.717, 1.165) is 25.0 Å². The summed E-state index contributed by atoms with van der Waals surface area (Å²) in [7, 11) is 0. The lowest BCUT2D eigenvalue weighted by Crippen LogP contribution is -2.32. The quantitative estimate of drug-likeness (QED) is 0.778. The molecule has 0 fully saturated rings. The first-order chi connectivity index (χ1) is 9.28. The number of aliphatic hydroxyl groups is 1. The van der Waals surface area contributed by atoms with Crippen molar-refractivity contribution in [2.24, 2.45) is 5.41 Å². The zero-order chi connectivity index (χ0) is 15.4. The van der Waals surface area contributed by atoms with E-state index in [9.17, 15) is 18.3 Å². The summed E-state index contributed by atoms with van der Waals surface area (Å²) in [6.07, 6.45) is -2.85. The molecule has 114 valence electrons. The Hall–Kier alpha value is -0.750. The number of nitrogens with one attached hydrogen (secondary N) is 1. The van der Waals surface area contributed by atoms with Crippen LogP contribution in [0.25, 0.3) is 0 Å². The molecule has 0 heterocycles. The van der Waals surface area contributed by atoms with E-state index in [1.165, 1.54) is 6.07 Å². The fraction of sp³-hybridized carbons (Fsp3) is 0.571. The molecular formula is C14H19BrF3NO. The Morgan fingerprint density at radius 2 is 1.80 bits per heavy atom. The standard InChI is InChI=1S/C14H19BrF3NO/c1-3-13(4-2,9-20)8-19-12-7-10(14(16,17)18)5-6-11(12)15/h5-7,19-20H,3-4,8-9H2,1-2H3. The number of anilines is 1. The van der Waals surface area contributed by atoms with Crippen molar-refractivity contribution in [1.29, 1.82) is 0 Å². The fourth-order valence-corrected chi connectivity index (χ4v) is 2.29. The van der Waals surface area contributed by atoms with Gasteiger partial charge in [0.1, 0.15) is 0 Å². The predicted octanol–water partition coefficient (Wildman–Crippen LogP) is 4.68. The second kappa shape index (κ2) is 6.80. The topological polar surface area (TPSA) is 32.3 Å². The fourth-order valence-electron chi connectivity index (χ4n) is 1.90. The molecule has 6 heteroatoms. The molecule has 0 radical (unpaired) electrons. The van der Waals surface area contributed by atoms with Crippen LogP contribution >= 0.6 is 15.9 Å². The van der Waals surface area contributed by atoms with Crippen molar-refractivity contribution in [2.45, 2.75) is 32.9 Å². The second-order valence-electron chi connectivity index (χ2n) is 4.91. The van der Waals surface area contributed by atoms with Crippen LogP contribution in [0.15, 0.2) is 22.7 Å². The first-order valence-corrected chi connectivity index (χ1v) is 7.29. The van der Waals surface area contributed by atoms with Gasteiger partial charge in [0.25, 0.3) is 0 Å². The van der Waals surface area contributed by atoms with E-state index in [0.29, 0.717) is 16.7 Å². The highest BCUT2D eigenvalue weighted by Gasteiger charge is 2.31. The van der Waals surface area contributed by atoms with Gasteiger partial charge in [0, 0.05) is 22.1 Å². The van der Waals surface area contributed by atoms with Crippen molar-refractivity contribution in [2.75, 3.05) is 18.5 Å². The monoisotopic (exact) mass is 353 g/mol. The molecule has 2 N–H and O–H groups in total. The number of aliphatic hydroxyl groups excluding tert-OH is 1. The summed E-state index contributed by atoms with van der Waals surface area (Å²) < 4.78 is 38.6. The summed E-state index contributed by atoms with van der Waals surface area (Å²) in [4.78, 5) is 0. The van der Waals surface area contributed by atoms with Gasteiger partial charge in [0.2, 0.25) is 0 Å². The highest BCUT2D eigenvalue weighted by molar-refractivity contribution is 9.10. The maximum atomic E-state index is 12.7. The molecule has 1 aromatic rings. The molecule has 0 aromatic heterocycles. The molecule has 0 bridgehead atoms. The van der Waals surface area contributed by atoms with Crippen LogP contribution < -0.4 is 5.32 Å². The maximum Gasteiger partial charge on any atom is 0.416 e. The van der Waals surface area contributed by atoms with Crippen LogP contribution in [0.1, 0.15) is 32.3 Å². The third kappa shape index (κ3) is 4.12. The van der Waals surface area contributed by atoms with E-state index in [1.807, 2.05) is 13.8 Å². The number of alkyl halides is 3. The zero-order valence-corrected chi connectivity index (χ0v) is 13.1. The number of hydrogen-bond donors (Lipinski definition) is 2. The molecule has 2 nitrogen and oxygen atoms in total. The first-order valence-electron chi connectivity index (χ1n) is 6.49. The molecule has 0 spiro atoms. The lowest BCUT2D eigenvalue weighted by atomic mass is 9.83. The van der Waals surface area contributed by atoms with E-state index in [1.54, 1.807) is 0 Å². The lowest BCUT2D eigenvalue weighted by molar-refractivity contribution is -0.137. The van der Waals surface area contributed by atoms with Gasteiger partial charge in [-0.25, -0.2) is 0 Å². The van der Waals surface area contributed by atoms with Crippen molar-refractivity contribution in [3.05, 3.63) is 28.2 Å². The van der Waals surface area contributed by atoms with E-state index in [4.69, 9.17) is 0 Å². The SMILES string of the molecule is CCC(CC)(CO)CNc1cc(C(F)(F)F)ccc1Br. The largest absolute Gasteiger partial charge is 0.416 e. The van der Waals surface area contributed by atoms with Gasteiger partial charge < -0.3 is 10.4 Å². The van der Waals surface area contributed by atoms with Crippen molar-refractivity contribution in [1.82, 2.24) is 0 Å².